The van der Waals surface area contributed by atoms with Crippen LogP contribution in [0, 0.1) is 11.8 Å². The van der Waals surface area contributed by atoms with Crippen LogP contribution in [0.3, 0.4) is 0 Å². The van der Waals surface area contributed by atoms with Crippen molar-refractivity contribution >= 4 is 43.1 Å². The Labute approximate surface area is 168 Å². The normalized spacial score (nSPS) is 11.3. The first-order valence-electron chi connectivity index (χ1n) is 9.69. The van der Waals surface area contributed by atoms with Gasteiger partial charge in [0, 0.05) is 11.1 Å². The number of hydrogen-bond acceptors (Lipinski definition) is 1. The van der Waals surface area contributed by atoms with Crippen LogP contribution in [0.5, 0.6) is 5.75 Å². The molecule has 0 heterocycles. The van der Waals surface area contributed by atoms with E-state index in [-0.39, 0.29) is 5.75 Å². The van der Waals surface area contributed by atoms with Crippen LogP contribution in [-0.4, -0.2) is 5.11 Å². The third kappa shape index (κ3) is 2.37. The van der Waals surface area contributed by atoms with Gasteiger partial charge < -0.3 is 5.11 Å². The van der Waals surface area contributed by atoms with E-state index in [0.29, 0.717) is 0 Å². The van der Waals surface area contributed by atoms with Crippen LogP contribution in [0.15, 0.2) is 91.0 Å². The maximum Gasteiger partial charge on any atom is 0.115 e. The highest BCUT2D eigenvalue weighted by Crippen LogP contribution is 2.40. The molecule has 6 aromatic carbocycles. The Kier molecular flexibility index (Phi) is 3.30. The Morgan fingerprint density at radius 3 is 1.79 bits per heavy atom. The van der Waals surface area contributed by atoms with E-state index in [1.165, 1.54) is 43.1 Å². The molecule has 1 nitrogen and oxygen atoms in total. The number of benzene rings is 6. The minimum Gasteiger partial charge on any atom is -0.508 e. The Bertz CT molecular complexity index is 1550. The van der Waals surface area contributed by atoms with Crippen LogP contribution < -0.4 is 0 Å². The van der Waals surface area contributed by atoms with Gasteiger partial charge in [-0.25, -0.2) is 0 Å². The molecule has 1 N–H and O–H groups in total. The van der Waals surface area contributed by atoms with Crippen molar-refractivity contribution < 1.29 is 5.11 Å². The lowest BCUT2D eigenvalue weighted by Gasteiger charge is -2.14. The molecular weight excluding hydrogens is 352 g/mol. The SMILES string of the molecule is Oc1ccc(C#Cc2ccc3c4cccc5cccc(c6cccc2c63)c54)cc1. The molecule has 0 aliphatic rings. The summed E-state index contributed by atoms with van der Waals surface area (Å²) in [4.78, 5) is 0. The first-order valence-corrected chi connectivity index (χ1v) is 9.69. The predicted molar refractivity (Wildman–Crippen MR) is 122 cm³/mol. The molecule has 0 fully saturated rings. The second kappa shape index (κ2) is 5.99. The second-order valence-electron chi connectivity index (χ2n) is 7.39. The van der Waals surface area contributed by atoms with Gasteiger partial charge in [-0.1, -0.05) is 72.5 Å². The quantitative estimate of drug-likeness (QED) is 0.177. The Hall–Kier alpha value is -4.02. The predicted octanol–water partition coefficient (Wildman–Crippen LogP) is 6.84. The van der Waals surface area contributed by atoms with Crippen molar-refractivity contribution in [1.82, 2.24) is 0 Å². The molecule has 0 unspecified atom stereocenters. The van der Waals surface area contributed by atoms with Gasteiger partial charge in [-0.05, 0) is 73.4 Å². The maximum atomic E-state index is 9.47. The number of fused-ring (bicyclic) bond motifs is 2. The standard InChI is InChI=1S/C28H16O/c29-21-15-11-18(12-16-21)10-13-19-14-17-26-24-8-2-5-20-4-1-7-23(27(20)24)25-9-3-6-22(19)28(25)26/h1-9,11-12,14-17,29H. The smallest absolute Gasteiger partial charge is 0.115 e. The zero-order valence-corrected chi connectivity index (χ0v) is 15.6. The van der Waals surface area contributed by atoms with Crippen molar-refractivity contribution in [2.75, 3.05) is 0 Å². The zero-order chi connectivity index (χ0) is 19.4. The zero-order valence-electron chi connectivity index (χ0n) is 15.6. The average Bonchev–Trinajstić information content (AvgIpc) is 2.77. The topological polar surface area (TPSA) is 20.2 Å². The van der Waals surface area contributed by atoms with Crippen molar-refractivity contribution in [3.63, 3.8) is 0 Å². The minimum atomic E-state index is 0.255. The summed E-state index contributed by atoms with van der Waals surface area (Å²) < 4.78 is 0. The molecule has 0 aliphatic carbocycles. The van der Waals surface area contributed by atoms with Gasteiger partial charge in [0.05, 0.1) is 0 Å². The van der Waals surface area contributed by atoms with E-state index in [9.17, 15) is 5.11 Å². The van der Waals surface area contributed by atoms with Gasteiger partial charge in [0.2, 0.25) is 0 Å². The lowest BCUT2D eigenvalue weighted by molar-refractivity contribution is 0.475. The van der Waals surface area contributed by atoms with Gasteiger partial charge in [0.1, 0.15) is 5.75 Å². The number of aromatic hydroxyl groups is 1. The average molecular weight is 368 g/mol. The molecular formula is C28H16O. The third-order valence-electron chi connectivity index (χ3n) is 5.73. The van der Waals surface area contributed by atoms with Crippen LogP contribution >= 0.6 is 0 Å². The highest BCUT2D eigenvalue weighted by Gasteiger charge is 2.13. The summed E-state index contributed by atoms with van der Waals surface area (Å²) in [5.74, 6) is 6.83. The van der Waals surface area contributed by atoms with Gasteiger partial charge in [0.15, 0.2) is 0 Å². The van der Waals surface area contributed by atoms with E-state index in [0.717, 1.165) is 11.1 Å². The van der Waals surface area contributed by atoms with Crippen LogP contribution in [0.4, 0.5) is 0 Å². The fraction of sp³-hybridized carbons (Fsp3) is 0. The van der Waals surface area contributed by atoms with E-state index in [1.54, 1.807) is 12.1 Å². The highest BCUT2D eigenvalue weighted by atomic mass is 16.3. The summed E-state index contributed by atoms with van der Waals surface area (Å²) in [7, 11) is 0. The molecule has 0 saturated heterocycles. The third-order valence-corrected chi connectivity index (χ3v) is 5.73. The molecule has 6 rings (SSSR count). The van der Waals surface area contributed by atoms with E-state index < -0.39 is 0 Å². The first-order chi connectivity index (χ1) is 14.3. The summed E-state index contributed by atoms with van der Waals surface area (Å²) in [6.45, 7) is 0. The van der Waals surface area contributed by atoms with Gasteiger partial charge in [-0.2, -0.15) is 0 Å². The molecule has 29 heavy (non-hydrogen) atoms. The summed E-state index contributed by atoms with van der Waals surface area (Å²) in [5, 5.41) is 19.7. The van der Waals surface area contributed by atoms with Gasteiger partial charge in [0.25, 0.3) is 0 Å². The van der Waals surface area contributed by atoms with Crippen molar-refractivity contribution in [1.29, 1.82) is 0 Å². The van der Waals surface area contributed by atoms with Gasteiger partial charge in [-0.3, -0.25) is 0 Å². The van der Waals surface area contributed by atoms with Crippen LogP contribution in [-0.2, 0) is 0 Å². The molecule has 0 aliphatic heterocycles. The summed E-state index contributed by atoms with van der Waals surface area (Å²) in [6.07, 6.45) is 0. The van der Waals surface area contributed by atoms with E-state index in [2.05, 4.69) is 78.6 Å². The van der Waals surface area contributed by atoms with Crippen LogP contribution in [0.1, 0.15) is 11.1 Å². The molecule has 0 radical (unpaired) electrons. The summed E-state index contributed by atoms with van der Waals surface area (Å²) in [5.41, 5.74) is 1.91. The second-order valence-corrected chi connectivity index (χ2v) is 7.39. The monoisotopic (exact) mass is 368 g/mol. The lowest BCUT2D eigenvalue weighted by Crippen LogP contribution is -1.88. The Balaban J connectivity index is 1.70. The molecule has 0 aromatic heterocycles. The maximum absolute atomic E-state index is 9.47. The number of rotatable bonds is 0. The first kappa shape index (κ1) is 16.0. The number of phenolic OH excluding ortho intramolecular Hbond substituents is 1. The lowest BCUT2D eigenvalue weighted by atomic mass is 9.88. The van der Waals surface area contributed by atoms with Crippen LogP contribution in [0.2, 0.25) is 0 Å². The van der Waals surface area contributed by atoms with E-state index >= 15 is 0 Å². The van der Waals surface area contributed by atoms with Crippen molar-refractivity contribution in [3.8, 4) is 17.6 Å². The molecule has 134 valence electrons. The summed E-state index contributed by atoms with van der Waals surface area (Å²) >= 11 is 0. The largest absolute Gasteiger partial charge is 0.508 e. The van der Waals surface area contributed by atoms with E-state index in [4.69, 9.17) is 0 Å². The fourth-order valence-corrected chi connectivity index (χ4v) is 4.44. The fourth-order valence-electron chi connectivity index (χ4n) is 4.44. The van der Waals surface area contributed by atoms with Crippen molar-refractivity contribution in [3.05, 3.63) is 102 Å². The van der Waals surface area contributed by atoms with E-state index in [1.807, 2.05) is 12.1 Å². The molecule has 0 saturated carbocycles. The Morgan fingerprint density at radius 2 is 1.07 bits per heavy atom. The number of hydrogen-bond donors (Lipinski definition) is 1. The molecule has 0 atom stereocenters. The minimum absolute atomic E-state index is 0.255. The molecule has 1 heteroatoms. The van der Waals surface area contributed by atoms with Crippen molar-refractivity contribution in [2.45, 2.75) is 0 Å². The van der Waals surface area contributed by atoms with Crippen LogP contribution in [0.25, 0.3) is 43.1 Å². The molecule has 0 amide bonds. The van der Waals surface area contributed by atoms with Gasteiger partial charge >= 0.3 is 0 Å². The van der Waals surface area contributed by atoms with Crippen molar-refractivity contribution in [2.24, 2.45) is 0 Å². The Morgan fingerprint density at radius 1 is 0.483 bits per heavy atom. The summed E-state index contributed by atoms with van der Waals surface area (Å²) in [6, 6.07) is 30.9. The molecule has 0 spiro atoms. The van der Waals surface area contributed by atoms with Gasteiger partial charge in [-0.15, -0.1) is 0 Å². The number of phenols is 1. The molecule has 6 aromatic rings. The highest BCUT2D eigenvalue weighted by molar-refractivity contribution is 6.33. The molecule has 0 bridgehead atoms.